The maximum atomic E-state index is 12.0. The minimum absolute atomic E-state index is 0.258. The molecule has 0 saturated carbocycles. The van der Waals surface area contributed by atoms with E-state index >= 15 is 0 Å². The van der Waals surface area contributed by atoms with Gasteiger partial charge in [0.05, 0.1) is 5.69 Å². The third kappa shape index (κ3) is 3.44. The van der Waals surface area contributed by atoms with Gasteiger partial charge in [-0.25, -0.2) is 0 Å². The third-order valence-electron chi connectivity index (χ3n) is 2.59. The Bertz CT molecular complexity index is 587. The van der Waals surface area contributed by atoms with Gasteiger partial charge in [-0.15, -0.1) is 0 Å². The summed E-state index contributed by atoms with van der Waals surface area (Å²) in [7, 11) is -1.53. The minimum Gasteiger partial charge on any atom is -0.423 e. The summed E-state index contributed by atoms with van der Waals surface area (Å²) in [5.41, 5.74) is 1.47. The first-order valence-electron chi connectivity index (χ1n) is 5.60. The van der Waals surface area contributed by atoms with Crippen LogP contribution in [0.2, 0.25) is 0 Å². The predicted molar refractivity (Wildman–Crippen MR) is 78.4 cm³/mol. The van der Waals surface area contributed by atoms with Crippen LogP contribution in [-0.2, 0) is 0 Å². The first kappa shape index (κ1) is 13.8. The van der Waals surface area contributed by atoms with Crippen molar-refractivity contribution in [1.29, 1.82) is 0 Å². The number of hydrogen-bond acceptors (Lipinski definition) is 3. The van der Waals surface area contributed by atoms with Gasteiger partial charge in [0.15, 0.2) is 0 Å². The van der Waals surface area contributed by atoms with Gasteiger partial charge < -0.3 is 15.4 Å². The maximum absolute atomic E-state index is 12.0. The molecule has 1 amide bonds. The highest BCUT2D eigenvalue weighted by atomic mass is 79.9. The predicted octanol–water partition coefficient (Wildman–Crippen LogP) is 1.38. The highest BCUT2D eigenvalue weighted by Gasteiger charge is 2.12. The van der Waals surface area contributed by atoms with Crippen LogP contribution < -0.4 is 10.8 Å². The van der Waals surface area contributed by atoms with Crippen LogP contribution in [0.4, 0.5) is 5.69 Å². The second-order valence-electron chi connectivity index (χ2n) is 3.93. The minimum atomic E-state index is -1.53. The highest BCUT2D eigenvalue weighted by molar-refractivity contribution is 9.10. The number of halogens is 1. The number of nitrogens with one attached hydrogen (secondary N) is 1. The lowest BCUT2D eigenvalue weighted by molar-refractivity contribution is 0.102. The molecule has 0 aliphatic heterocycles. The Morgan fingerprint density at radius 2 is 1.68 bits per heavy atom. The van der Waals surface area contributed by atoms with Crippen molar-refractivity contribution in [3.63, 3.8) is 0 Å². The zero-order valence-electron chi connectivity index (χ0n) is 9.88. The molecule has 0 aliphatic carbocycles. The average Bonchev–Trinajstić information content (AvgIpc) is 2.41. The molecule has 0 fully saturated rings. The Kier molecular flexibility index (Phi) is 4.37. The van der Waals surface area contributed by atoms with Crippen LogP contribution in [0, 0.1) is 0 Å². The summed E-state index contributed by atoms with van der Waals surface area (Å²) in [6, 6.07) is 13.4. The van der Waals surface area contributed by atoms with Gasteiger partial charge in [-0.05, 0) is 45.7 Å². The van der Waals surface area contributed by atoms with Crippen LogP contribution in [0.1, 0.15) is 10.4 Å². The molecule has 2 aromatic carbocycles. The molecule has 4 nitrogen and oxygen atoms in total. The summed E-state index contributed by atoms with van der Waals surface area (Å²) in [6.45, 7) is 0. The van der Waals surface area contributed by atoms with E-state index in [1.54, 1.807) is 18.2 Å². The van der Waals surface area contributed by atoms with Crippen LogP contribution in [0.25, 0.3) is 0 Å². The number of anilines is 1. The van der Waals surface area contributed by atoms with Crippen molar-refractivity contribution in [2.75, 3.05) is 5.32 Å². The number of carbonyl (C=O) groups is 1. The van der Waals surface area contributed by atoms with E-state index in [-0.39, 0.29) is 5.91 Å². The number of benzene rings is 2. The Hall–Kier alpha value is -1.63. The summed E-state index contributed by atoms with van der Waals surface area (Å²) in [5, 5.41) is 20.7. The summed E-state index contributed by atoms with van der Waals surface area (Å²) >= 11 is 3.35. The molecule has 6 heteroatoms. The van der Waals surface area contributed by atoms with Crippen LogP contribution >= 0.6 is 15.9 Å². The van der Waals surface area contributed by atoms with E-state index < -0.39 is 7.12 Å². The van der Waals surface area contributed by atoms with Gasteiger partial charge >= 0.3 is 7.12 Å². The molecule has 0 atom stereocenters. The average molecular weight is 320 g/mol. The molecule has 0 aliphatic rings. The van der Waals surface area contributed by atoms with Crippen molar-refractivity contribution in [2.45, 2.75) is 0 Å². The topological polar surface area (TPSA) is 69.6 Å². The van der Waals surface area contributed by atoms with Crippen molar-refractivity contribution in [1.82, 2.24) is 0 Å². The van der Waals surface area contributed by atoms with Crippen molar-refractivity contribution in [3.05, 3.63) is 58.6 Å². The molecule has 0 unspecified atom stereocenters. The molecule has 96 valence electrons. The molecule has 0 heterocycles. The second kappa shape index (κ2) is 6.01. The summed E-state index contributed by atoms with van der Waals surface area (Å²) in [6.07, 6.45) is 0. The molecule has 0 saturated heterocycles. The third-order valence-corrected chi connectivity index (χ3v) is 3.28. The number of para-hydroxylation sites is 1. The quantitative estimate of drug-likeness (QED) is 0.749. The molecular formula is C13H11BBrNO3. The Morgan fingerprint density at radius 3 is 2.26 bits per heavy atom. The number of rotatable bonds is 3. The fourth-order valence-electron chi connectivity index (χ4n) is 1.56. The van der Waals surface area contributed by atoms with Gasteiger partial charge in [-0.3, -0.25) is 4.79 Å². The van der Waals surface area contributed by atoms with Crippen LogP contribution in [0.3, 0.4) is 0 Å². The maximum Gasteiger partial charge on any atom is 0.488 e. The highest BCUT2D eigenvalue weighted by Crippen LogP contribution is 2.21. The van der Waals surface area contributed by atoms with Crippen LogP contribution in [-0.4, -0.2) is 23.1 Å². The first-order valence-corrected chi connectivity index (χ1v) is 6.39. The monoisotopic (exact) mass is 319 g/mol. The standard InChI is InChI=1S/C13H11BBrNO3/c15-11-3-1-2-4-12(11)16-13(17)9-5-7-10(8-6-9)14(18)19/h1-8,18-19H,(H,16,17). The van der Waals surface area contributed by atoms with E-state index in [0.29, 0.717) is 16.7 Å². The fourth-order valence-corrected chi connectivity index (χ4v) is 1.95. The molecule has 2 aromatic rings. The summed E-state index contributed by atoms with van der Waals surface area (Å²) in [5.74, 6) is -0.258. The molecule has 2 rings (SSSR count). The van der Waals surface area contributed by atoms with Gasteiger partial charge in [0.25, 0.3) is 5.91 Å². The van der Waals surface area contributed by atoms with Gasteiger partial charge in [0.1, 0.15) is 0 Å². The largest absolute Gasteiger partial charge is 0.488 e. The van der Waals surface area contributed by atoms with E-state index in [1.165, 1.54) is 12.1 Å². The van der Waals surface area contributed by atoms with Crippen molar-refractivity contribution in [3.8, 4) is 0 Å². The van der Waals surface area contributed by atoms with Crippen molar-refractivity contribution >= 4 is 40.1 Å². The van der Waals surface area contributed by atoms with E-state index in [2.05, 4.69) is 21.2 Å². The number of hydrogen-bond donors (Lipinski definition) is 3. The van der Waals surface area contributed by atoms with E-state index in [4.69, 9.17) is 10.0 Å². The molecule has 0 aromatic heterocycles. The van der Waals surface area contributed by atoms with Gasteiger partial charge in [-0.1, -0.05) is 24.3 Å². The molecule has 0 bridgehead atoms. The Morgan fingerprint density at radius 1 is 1.05 bits per heavy atom. The Labute approximate surface area is 119 Å². The Balaban J connectivity index is 2.14. The number of carbonyl (C=O) groups excluding carboxylic acids is 1. The van der Waals surface area contributed by atoms with Crippen LogP contribution in [0.15, 0.2) is 53.0 Å². The van der Waals surface area contributed by atoms with Crippen molar-refractivity contribution < 1.29 is 14.8 Å². The molecule has 0 radical (unpaired) electrons. The fraction of sp³-hybridized carbons (Fsp3) is 0. The van der Waals surface area contributed by atoms with Gasteiger partial charge in [0.2, 0.25) is 0 Å². The lowest BCUT2D eigenvalue weighted by Crippen LogP contribution is -2.29. The zero-order chi connectivity index (χ0) is 13.8. The zero-order valence-corrected chi connectivity index (χ0v) is 11.5. The van der Waals surface area contributed by atoms with E-state index in [0.717, 1.165) is 4.47 Å². The SMILES string of the molecule is O=C(Nc1ccccc1Br)c1ccc(B(O)O)cc1. The smallest absolute Gasteiger partial charge is 0.423 e. The lowest BCUT2D eigenvalue weighted by atomic mass is 9.80. The molecule has 0 spiro atoms. The molecule has 3 N–H and O–H groups in total. The lowest BCUT2D eigenvalue weighted by Gasteiger charge is -2.07. The summed E-state index contributed by atoms with van der Waals surface area (Å²) < 4.78 is 0.797. The van der Waals surface area contributed by atoms with E-state index in [9.17, 15) is 4.79 Å². The molecule has 19 heavy (non-hydrogen) atoms. The van der Waals surface area contributed by atoms with Gasteiger partial charge in [0, 0.05) is 10.0 Å². The van der Waals surface area contributed by atoms with Gasteiger partial charge in [-0.2, -0.15) is 0 Å². The number of amides is 1. The van der Waals surface area contributed by atoms with Crippen LogP contribution in [0.5, 0.6) is 0 Å². The second-order valence-corrected chi connectivity index (χ2v) is 4.78. The normalized spacial score (nSPS) is 10.1. The summed E-state index contributed by atoms with van der Waals surface area (Å²) in [4.78, 5) is 12.0. The van der Waals surface area contributed by atoms with Crippen molar-refractivity contribution in [2.24, 2.45) is 0 Å². The first-order chi connectivity index (χ1) is 9.08. The van der Waals surface area contributed by atoms with E-state index in [1.807, 2.05) is 18.2 Å². The molecular weight excluding hydrogens is 309 g/mol.